The maximum absolute atomic E-state index is 10.1. The number of benzene rings is 3. The summed E-state index contributed by atoms with van der Waals surface area (Å²) in [5.74, 6) is 0.307. The minimum atomic E-state index is 0.307. The maximum atomic E-state index is 10.1. The Morgan fingerprint density at radius 1 is 0.950 bits per heavy atom. The summed E-state index contributed by atoms with van der Waals surface area (Å²) in [6.07, 6.45) is 0. The molecule has 0 aliphatic rings. The Morgan fingerprint density at radius 2 is 1.70 bits per heavy atom. The van der Waals surface area contributed by atoms with Crippen LogP contribution in [0.4, 0.5) is 0 Å². The Labute approximate surface area is 127 Å². The van der Waals surface area contributed by atoms with E-state index in [0.29, 0.717) is 10.8 Å². The highest BCUT2D eigenvalue weighted by Crippen LogP contribution is 2.40. The molecule has 0 heterocycles. The van der Waals surface area contributed by atoms with Gasteiger partial charge in [-0.15, -0.1) is 0 Å². The van der Waals surface area contributed by atoms with Crippen molar-refractivity contribution in [1.82, 2.24) is 0 Å². The van der Waals surface area contributed by atoms with Gasteiger partial charge in [-0.1, -0.05) is 53.2 Å². The highest BCUT2D eigenvalue weighted by atomic mass is 35.5. The van der Waals surface area contributed by atoms with Crippen LogP contribution in [-0.4, -0.2) is 5.11 Å². The third-order valence-electron chi connectivity index (χ3n) is 3.14. The molecule has 100 valence electrons. The lowest BCUT2D eigenvalue weighted by Crippen LogP contribution is -1.82. The number of phenols is 1. The zero-order valence-corrected chi connectivity index (χ0v) is 12.5. The smallest absolute Gasteiger partial charge is 0.130 e. The molecule has 1 nitrogen and oxygen atoms in total. The van der Waals surface area contributed by atoms with Gasteiger partial charge in [-0.2, -0.15) is 0 Å². The Kier molecular flexibility index (Phi) is 3.60. The predicted octanol–water partition coefficient (Wildman–Crippen LogP) is 5.66. The summed E-state index contributed by atoms with van der Waals surface area (Å²) in [7, 11) is 0. The van der Waals surface area contributed by atoms with Gasteiger partial charge in [0.15, 0.2) is 0 Å². The highest BCUT2D eigenvalue weighted by molar-refractivity contribution is 7.99. The average Bonchev–Trinajstić information content (AvgIpc) is 2.44. The van der Waals surface area contributed by atoms with Crippen LogP contribution in [0.1, 0.15) is 5.56 Å². The van der Waals surface area contributed by atoms with Crippen LogP contribution in [0.5, 0.6) is 5.75 Å². The first-order valence-corrected chi connectivity index (χ1v) is 7.49. The molecule has 0 aliphatic carbocycles. The zero-order chi connectivity index (χ0) is 14.1. The summed E-state index contributed by atoms with van der Waals surface area (Å²) < 4.78 is 0. The maximum Gasteiger partial charge on any atom is 0.130 e. The lowest BCUT2D eigenvalue weighted by atomic mass is 10.1. The van der Waals surface area contributed by atoms with E-state index in [2.05, 4.69) is 25.1 Å². The fraction of sp³-hybridized carbons (Fsp3) is 0.0588. The number of halogens is 1. The number of phenolic OH excluding ortho intramolecular Hbond substituents is 1. The first-order valence-electron chi connectivity index (χ1n) is 6.29. The summed E-state index contributed by atoms with van der Waals surface area (Å²) in [6.45, 7) is 2.07. The molecule has 3 rings (SSSR count). The van der Waals surface area contributed by atoms with Crippen molar-refractivity contribution in [1.29, 1.82) is 0 Å². The molecule has 0 bridgehead atoms. The summed E-state index contributed by atoms with van der Waals surface area (Å²) >= 11 is 7.45. The molecule has 0 saturated heterocycles. The van der Waals surface area contributed by atoms with Crippen molar-refractivity contribution in [2.24, 2.45) is 0 Å². The number of hydrogen-bond donors (Lipinski definition) is 1. The minimum absolute atomic E-state index is 0.307. The second kappa shape index (κ2) is 5.39. The normalized spacial score (nSPS) is 10.9. The number of hydrogen-bond acceptors (Lipinski definition) is 2. The summed E-state index contributed by atoms with van der Waals surface area (Å²) in [4.78, 5) is 1.93. The van der Waals surface area contributed by atoms with E-state index >= 15 is 0 Å². The molecule has 0 saturated carbocycles. The molecule has 3 heteroatoms. The topological polar surface area (TPSA) is 20.2 Å². The quantitative estimate of drug-likeness (QED) is 0.659. The first kappa shape index (κ1) is 13.3. The standard InChI is InChI=1S/C17H13ClOS/c1-11-2-8-15-12(10-11)3-9-16(19)17(15)20-14-6-4-13(18)5-7-14/h2-10,19H,1H3. The molecule has 0 fully saturated rings. The summed E-state index contributed by atoms with van der Waals surface area (Å²) in [5.41, 5.74) is 1.21. The largest absolute Gasteiger partial charge is 0.507 e. The van der Waals surface area contributed by atoms with Gasteiger partial charge in [0.2, 0.25) is 0 Å². The van der Waals surface area contributed by atoms with Crippen molar-refractivity contribution in [3.05, 3.63) is 65.2 Å². The molecule has 0 unspecified atom stereocenters. The van der Waals surface area contributed by atoms with Crippen molar-refractivity contribution < 1.29 is 5.11 Å². The summed E-state index contributed by atoms with van der Waals surface area (Å²) in [5, 5.41) is 13.1. The molecular formula is C17H13ClOS. The van der Waals surface area contributed by atoms with Gasteiger partial charge in [0.05, 0.1) is 4.90 Å². The van der Waals surface area contributed by atoms with E-state index in [0.717, 1.165) is 20.6 Å². The molecule has 20 heavy (non-hydrogen) atoms. The van der Waals surface area contributed by atoms with Crippen molar-refractivity contribution in [3.63, 3.8) is 0 Å². The van der Waals surface area contributed by atoms with E-state index in [1.54, 1.807) is 17.8 Å². The van der Waals surface area contributed by atoms with Gasteiger partial charge in [-0.05, 0) is 48.0 Å². The van der Waals surface area contributed by atoms with Crippen molar-refractivity contribution >= 4 is 34.1 Å². The van der Waals surface area contributed by atoms with Gasteiger partial charge in [-0.25, -0.2) is 0 Å². The van der Waals surface area contributed by atoms with Crippen LogP contribution >= 0.6 is 23.4 Å². The van der Waals surface area contributed by atoms with Gasteiger partial charge in [0.1, 0.15) is 5.75 Å². The Hall–Kier alpha value is -1.64. The van der Waals surface area contributed by atoms with Crippen LogP contribution in [0.15, 0.2) is 64.4 Å². The van der Waals surface area contributed by atoms with Crippen molar-refractivity contribution in [2.45, 2.75) is 16.7 Å². The molecule has 3 aromatic rings. The first-order chi connectivity index (χ1) is 9.63. The average molecular weight is 301 g/mol. The fourth-order valence-electron chi connectivity index (χ4n) is 2.14. The molecule has 0 radical (unpaired) electrons. The van der Waals surface area contributed by atoms with Crippen LogP contribution in [0.2, 0.25) is 5.02 Å². The monoisotopic (exact) mass is 300 g/mol. The molecule has 0 spiro atoms. The fourth-order valence-corrected chi connectivity index (χ4v) is 3.24. The Morgan fingerprint density at radius 3 is 2.45 bits per heavy atom. The van der Waals surface area contributed by atoms with E-state index in [9.17, 15) is 5.11 Å². The molecule has 0 aliphatic heterocycles. The van der Waals surface area contributed by atoms with E-state index < -0.39 is 0 Å². The van der Waals surface area contributed by atoms with Gasteiger partial charge < -0.3 is 5.11 Å². The Bertz CT molecular complexity index is 766. The van der Waals surface area contributed by atoms with Crippen LogP contribution in [0.25, 0.3) is 10.8 Å². The van der Waals surface area contributed by atoms with E-state index in [4.69, 9.17) is 11.6 Å². The molecule has 1 N–H and O–H groups in total. The summed E-state index contributed by atoms with van der Waals surface area (Å²) in [6, 6.07) is 17.6. The highest BCUT2D eigenvalue weighted by Gasteiger charge is 2.09. The molecular weight excluding hydrogens is 288 g/mol. The van der Waals surface area contributed by atoms with Gasteiger partial charge in [0.25, 0.3) is 0 Å². The lowest BCUT2D eigenvalue weighted by Gasteiger charge is -2.09. The van der Waals surface area contributed by atoms with Crippen molar-refractivity contribution in [3.8, 4) is 5.75 Å². The second-order valence-electron chi connectivity index (χ2n) is 4.69. The predicted molar refractivity (Wildman–Crippen MR) is 85.9 cm³/mol. The van der Waals surface area contributed by atoms with Gasteiger partial charge in [0, 0.05) is 9.92 Å². The third-order valence-corrected chi connectivity index (χ3v) is 4.53. The minimum Gasteiger partial charge on any atom is -0.507 e. The molecule has 0 amide bonds. The van der Waals surface area contributed by atoms with E-state index in [-0.39, 0.29) is 0 Å². The number of rotatable bonds is 2. The SMILES string of the molecule is Cc1ccc2c(Sc3ccc(Cl)cc3)c(O)ccc2c1. The van der Waals surface area contributed by atoms with Gasteiger partial charge in [-0.3, -0.25) is 0 Å². The lowest BCUT2D eigenvalue weighted by molar-refractivity contribution is 0.464. The third kappa shape index (κ3) is 2.62. The van der Waals surface area contributed by atoms with Crippen LogP contribution < -0.4 is 0 Å². The van der Waals surface area contributed by atoms with Crippen LogP contribution in [-0.2, 0) is 0 Å². The molecule has 3 aromatic carbocycles. The van der Waals surface area contributed by atoms with E-state index in [1.165, 1.54) is 5.56 Å². The zero-order valence-electron chi connectivity index (χ0n) is 10.9. The molecule has 0 atom stereocenters. The number of aromatic hydroxyl groups is 1. The van der Waals surface area contributed by atoms with Crippen LogP contribution in [0, 0.1) is 6.92 Å². The number of aryl methyl sites for hydroxylation is 1. The second-order valence-corrected chi connectivity index (χ2v) is 6.21. The van der Waals surface area contributed by atoms with Crippen LogP contribution in [0.3, 0.4) is 0 Å². The Balaban J connectivity index is 2.10. The molecule has 0 aromatic heterocycles. The van der Waals surface area contributed by atoms with Gasteiger partial charge >= 0.3 is 0 Å². The van der Waals surface area contributed by atoms with E-state index in [1.807, 2.05) is 30.3 Å². The number of fused-ring (bicyclic) bond motifs is 1. The van der Waals surface area contributed by atoms with Crippen molar-refractivity contribution in [2.75, 3.05) is 0 Å².